The first kappa shape index (κ1) is 14.4. The lowest BCUT2D eigenvalue weighted by Crippen LogP contribution is -2.63. The van der Waals surface area contributed by atoms with Gasteiger partial charge in [0.15, 0.2) is 0 Å². The van der Waals surface area contributed by atoms with Crippen molar-refractivity contribution in [1.29, 1.82) is 0 Å². The molecule has 8 heteroatoms. The molecule has 2 atom stereocenters. The Morgan fingerprint density at radius 1 is 1.32 bits per heavy atom. The zero-order chi connectivity index (χ0) is 16.2. The molecule has 2 unspecified atom stereocenters. The highest BCUT2D eigenvalue weighted by Gasteiger charge is 2.55. The highest BCUT2D eigenvalue weighted by atomic mass is 16.2. The number of amides is 3. The Labute approximate surface area is 128 Å². The van der Waals surface area contributed by atoms with E-state index in [1.165, 1.54) is 11.9 Å². The zero-order valence-corrected chi connectivity index (χ0v) is 13.1. The summed E-state index contributed by atoms with van der Waals surface area (Å²) < 4.78 is 1.92. The van der Waals surface area contributed by atoms with Crippen LogP contribution in [0.3, 0.4) is 0 Å². The summed E-state index contributed by atoms with van der Waals surface area (Å²) in [7, 11) is 3.12. The molecule has 1 fully saturated rings. The van der Waals surface area contributed by atoms with E-state index in [0.29, 0.717) is 18.3 Å². The largest absolute Gasteiger partial charge is 0.417 e. The van der Waals surface area contributed by atoms with E-state index in [1.54, 1.807) is 18.1 Å². The fraction of sp³-hybridized carbons (Fsp3) is 0.500. The molecular formula is C14H19N6O2+. The third-order valence-corrected chi connectivity index (χ3v) is 4.28. The molecule has 3 rings (SSSR count). The fourth-order valence-electron chi connectivity index (χ4n) is 2.90. The Morgan fingerprint density at radius 3 is 2.64 bits per heavy atom. The van der Waals surface area contributed by atoms with E-state index < -0.39 is 6.04 Å². The third-order valence-electron chi connectivity index (χ3n) is 4.28. The van der Waals surface area contributed by atoms with E-state index in [4.69, 9.17) is 0 Å². The fourth-order valence-corrected chi connectivity index (χ4v) is 2.90. The van der Waals surface area contributed by atoms with E-state index in [9.17, 15) is 9.59 Å². The number of hydrogen-bond acceptors (Lipinski definition) is 5. The van der Waals surface area contributed by atoms with Gasteiger partial charge in [0, 0.05) is 14.1 Å². The predicted octanol–water partition coefficient (Wildman–Crippen LogP) is -0.0746. The van der Waals surface area contributed by atoms with Gasteiger partial charge in [-0.3, -0.25) is 14.6 Å². The normalized spacial score (nSPS) is 27.7. The van der Waals surface area contributed by atoms with Gasteiger partial charge in [-0.25, -0.2) is 9.37 Å². The minimum absolute atomic E-state index is 0.0683. The molecule has 0 saturated carbocycles. The highest BCUT2D eigenvalue weighted by Crippen LogP contribution is 2.24. The van der Waals surface area contributed by atoms with Crippen molar-refractivity contribution in [2.24, 2.45) is 10.1 Å². The molecule has 0 aromatic rings. The Kier molecular flexibility index (Phi) is 3.12. The Balaban J connectivity index is 2.12. The average Bonchev–Trinajstić information content (AvgIpc) is 2.89. The van der Waals surface area contributed by atoms with Crippen molar-refractivity contribution in [2.75, 3.05) is 20.6 Å². The van der Waals surface area contributed by atoms with Crippen LogP contribution >= 0.6 is 0 Å². The lowest BCUT2D eigenvalue weighted by atomic mass is 10.1. The minimum Gasteiger partial charge on any atom is -0.270 e. The molecule has 0 aliphatic carbocycles. The molecule has 3 amide bonds. The Bertz CT molecular complexity index is 677. The quantitative estimate of drug-likeness (QED) is 0.529. The topological polar surface area (TPSA) is 71.6 Å². The summed E-state index contributed by atoms with van der Waals surface area (Å²) in [5.74, 6) is 0.771. The van der Waals surface area contributed by atoms with Gasteiger partial charge >= 0.3 is 12.0 Å². The highest BCUT2D eigenvalue weighted by molar-refractivity contribution is 6.23. The molecule has 0 spiro atoms. The third kappa shape index (κ3) is 1.73. The molecule has 22 heavy (non-hydrogen) atoms. The summed E-state index contributed by atoms with van der Waals surface area (Å²) in [5.41, 5.74) is 0.886. The van der Waals surface area contributed by atoms with Crippen LogP contribution in [0.2, 0.25) is 0 Å². The first-order valence-electron chi connectivity index (χ1n) is 7.11. The van der Waals surface area contributed by atoms with Crippen LogP contribution in [-0.4, -0.2) is 81.6 Å². The average molecular weight is 303 g/mol. The number of urea groups is 1. The molecule has 0 aromatic heterocycles. The first-order valence-corrected chi connectivity index (χ1v) is 7.11. The molecule has 0 aromatic carbocycles. The molecule has 116 valence electrons. The van der Waals surface area contributed by atoms with E-state index >= 15 is 0 Å². The zero-order valence-electron chi connectivity index (χ0n) is 13.1. The maximum Gasteiger partial charge on any atom is 0.417 e. The number of amidine groups is 1. The second-order valence-electron chi connectivity index (χ2n) is 5.61. The van der Waals surface area contributed by atoms with Gasteiger partial charge < -0.3 is 0 Å². The number of imide groups is 1. The van der Waals surface area contributed by atoms with Crippen LogP contribution in [0.5, 0.6) is 0 Å². The molecule has 8 nitrogen and oxygen atoms in total. The number of likely N-dealkylation sites (N-methyl/N-ethyl adjacent to an activating group) is 2. The van der Waals surface area contributed by atoms with Crippen molar-refractivity contribution in [3.8, 4) is 0 Å². The van der Waals surface area contributed by atoms with Crippen LogP contribution < -0.4 is 0 Å². The molecule has 1 saturated heterocycles. The van der Waals surface area contributed by atoms with E-state index in [1.807, 2.05) is 18.4 Å². The van der Waals surface area contributed by atoms with E-state index in [2.05, 4.69) is 16.7 Å². The number of aliphatic imine (C=N–C) groups is 1. The van der Waals surface area contributed by atoms with Crippen LogP contribution in [-0.2, 0) is 4.79 Å². The van der Waals surface area contributed by atoms with Crippen molar-refractivity contribution >= 4 is 29.4 Å². The summed E-state index contributed by atoms with van der Waals surface area (Å²) in [4.78, 5) is 31.8. The molecule has 3 aliphatic rings. The molecule has 3 heterocycles. The van der Waals surface area contributed by atoms with Crippen molar-refractivity contribution < 1.29 is 14.2 Å². The molecule has 0 bridgehead atoms. The van der Waals surface area contributed by atoms with E-state index in [0.717, 1.165) is 10.6 Å². The molecule has 3 aliphatic heterocycles. The van der Waals surface area contributed by atoms with Crippen molar-refractivity contribution in [3.05, 3.63) is 12.7 Å². The maximum absolute atomic E-state index is 12.6. The molecule has 0 N–H and O–H groups in total. The number of hydrazone groups is 1. The number of hydrogen-bond donors (Lipinski definition) is 0. The lowest BCUT2D eigenvalue weighted by Gasteiger charge is -2.33. The van der Waals surface area contributed by atoms with E-state index in [-0.39, 0.29) is 18.0 Å². The summed E-state index contributed by atoms with van der Waals surface area (Å²) in [5, 5.41) is 6.21. The molecular weight excluding hydrogens is 284 g/mol. The van der Waals surface area contributed by atoms with Crippen LogP contribution in [0.25, 0.3) is 0 Å². The van der Waals surface area contributed by atoms with Gasteiger partial charge in [-0.1, -0.05) is 17.6 Å². The summed E-state index contributed by atoms with van der Waals surface area (Å²) in [6.45, 7) is 8.11. The smallest absolute Gasteiger partial charge is 0.270 e. The number of carbonyl (C=O) groups is 2. The minimum atomic E-state index is -0.588. The summed E-state index contributed by atoms with van der Waals surface area (Å²) >= 11 is 0. The van der Waals surface area contributed by atoms with Gasteiger partial charge in [0.25, 0.3) is 5.91 Å². The lowest BCUT2D eigenvalue weighted by molar-refractivity contribution is -0.559. The van der Waals surface area contributed by atoms with Crippen LogP contribution in [0.4, 0.5) is 4.79 Å². The van der Waals surface area contributed by atoms with Crippen molar-refractivity contribution in [2.45, 2.75) is 25.9 Å². The second kappa shape index (κ2) is 4.75. The number of carbonyl (C=O) groups excluding carboxylic acids is 2. The van der Waals surface area contributed by atoms with Gasteiger partial charge in [-0.05, 0) is 13.8 Å². The van der Waals surface area contributed by atoms with Crippen molar-refractivity contribution in [1.82, 2.24) is 14.8 Å². The van der Waals surface area contributed by atoms with Crippen molar-refractivity contribution in [3.63, 3.8) is 0 Å². The molecule has 0 radical (unpaired) electrons. The van der Waals surface area contributed by atoms with Gasteiger partial charge in [0.05, 0.1) is 5.71 Å². The number of rotatable bonds is 2. The number of guanidine groups is 1. The van der Waals surface area contributed by atoms with Gasteiger partial charge in [-0.15, -0.1) is 10.1 Å². The van der Waals surface area contributed by atoms with Crippen LogP contribution in [0.1, 0.15) is 13.8 Å². The SMILES string of the molecule is C=CCN1N=C(C)C(C)[N+]2=C1N=C1C2C(=O)N(C)C(=O)N1C. The Morgan fingerprint density at radius 2 is 2.00 bits per heavy atom. The number of nitrogens with zero attached hydrogens (tertiary/aromatic N) is 6. The predicted molar refractivity (Wildman–Crippen MR) is 81.9 cm³/mol. The standard InChI is InChI=1S/C14H19N6O2/c1-6-7-19-13-15-11-10(20(13)9(3)8(2)16-19)12(21)18(5)14(22)17(11)4/h6,9-10H,1,7H2,2-5H3/q+1. The monoisotopic (exact) mass is 303 g/mol. The van der Waals surface area contributed by atoms with Gasteiger partial charge in [-0.2, -0.15) is 0 Å². The second-order valence-corrected chi connectivity index (χ2v) is 5.61. The number of fused-ring (bicyclic) bond motifs is 2. The van der Waals surface area contributed by atoms with Gasteiger partial charge in [0.2, 0.25) is 11.9 Å². The Hall–Kier alpha value is -2.51. The maximum atomic E-state index is 12.6. The van der Waals surface area contributed by atoms with Crippen LogP contribution in [0.15, 0.2) is 22.7 Å². The van der Waals surface area contributed by atoms with Gasteiger partial charge in [0.1, 0.15) is 12.6 Å². The summed E-state index contributed by atoms with van der Waals surface area (Å²) in [6, 6.07) is -1.03. The van der Waals surface area contributed by atoms with Crippen LogP contribution in [0, 0.1) is 0 Å². The first-order chi connectivity index (χ1) is 10.4. The summed E-state index contributed by atoms with van der Waals surface area (Å²) in [6.07, 6.45) is 1.73.